The highest BCUT2D eigenvalue weighted by Gasteiger charge is 2.23. The molecule has 4 rings (SSSR count). The summed E-state index contributed by atoms with van der Waals surface area (Å²) in [6, 6.07) is 1.87. The molecule has 0 unspecified atom stereocenters. The predicted molar refractivity (Wildman–Crippen MR) is 93.3 cm³/mol. The first-order valence-corrected chi connectivity index (χ1v) is 8.20. The number of hydrogen-bond donors (Lipinski definition) is 0. The average molecular weight is 340 g/mol. The van der Waals surface area contributed by atoms with Crippen molar-refractivity contribution in [2.24, 2.45) is 0 Å². The fourth-order valence-electron chi connectivity index (χ4n) is 3.15. The molecule has 4 heterocycles. The van der Waals surface area contributed by atoms with Crippen molar-refractivity contribution in [3.8, 4) is 5.88 Å². The van der Waals surface area contributed by atoms with E-state index in [1.165, 1.54) is 6.33 Å². The Morgan fingerprint density at radius 2 is 1.72 bits per heavy atom. The smallest absolute Gasteiger partial charge is 0.254 e. The fourth-order valence-corrected chi connectivity index (χ4v) is 3.15. The second-order valence-corrected chi connectivity index (χ2v) is 6.01. The van der Waals surface area contributed by atoms with Crippen LogP contribution in [0.3, 0.4) is 0 Å². The molecular formula is C16H20N8O. The number of hydrogen-bond acceptors (Lipinski definition) is 8. The summed E-state index contributed by atoms with van der Waals surface area (Å²) in [5.74, 6) is 3.18. The second-order valence-electron chi connectivity index (χ2n) is 6.01. The maximum Gasteiger partial charge on any atom is 0.254 e. The van der Waals surface area contributed by atoms with E-state index in [0.717, 1.165) is 49.1 Å². The van der Waals surface area contributed by atoms with Crippen LogP contribution in [-0.4, -0.2) is 62.8 Å². The minimum absolute atomic E-state index is 0.581. The van der Waals surface area contributed by atoms with Crippen LogP contribution in [0.15, 0.2) is 18.7 Å². The van der Waals surface area contributed by atoms with Gasteiger partial charge in [0.05, 0.1) is 7.11 Å². The largest absolute Gasteiger partial charge is 0.481 e. The van der Waals surface area contributed by atoms with E-state index >= 15 is 0 Å². The van der Waals surface area contributed by atoms with Crippen molar-refractivity contribution in [1.82, 2.24) is 29.5 Å². The highest BCUT2D eigenvalue weighted by Crippen LogP contribution is 2.25. The standard InChI is InChI=1S/C16H20N8O/c1-11-12(2)21-16-19-10-20-24(16)15(11)23-6-4-22(5-7-23)13-8-14(25-3)18-9-17-13/h8-10H,4-7H2,1-3H3. The van der Waals surface area contributed by atoms with E-state index in [2.05, 4.69) is 41.8 Å². The second kappa shape index (κ2) is 6.15. The summed E-state index contributed by atoms with van der Waals surface area (Å²) in [6.45, 7) is 7.54. The number of piperazine rings is 1. The SMILES string of the molecule is COc1cc(N2CCN(c3c(C)c(C)nc4ncnn34)CC2)ncn1. The summed E-state index contributed by atoms with van der Waals surface area (Å²) < 4.78 is 7.02. The molecular weight excluding hydrogens is 320 g/mol. The monoisotopic (exact) mass is 340 g/mol. The molecule has 0 amide bonds. The van der Waals surface area contributed by atoms with Gasteiger partial charge in [-0.15, -0.1) is 0 Å². The van der Waals surface area contributed by atoms with E-state index in [-0.39, 0.29) is 0 Å². The summed E-state index contributed by atoms with van der Waals surface area (Å²) in [7, 11) is 1.61. The number of fused-ring (bicyclic) bond motifs is 1. The third kappa shape index (κ3) is 2.71. The van der Waals surface area contributed by atoms with Crippen molar-refractivity contribution in [1.29, 1.82) is 0 Å². The molecule has 1 aliphatic rings. The van der Waals surface area contributed by atoms with Crippen LogP contribution in [0, 0.1) is 13.8 Å². The molecule has 0 aliphatic carbocycles. The quantitative estimate of drug-likeness (QED) is 0.694. The van der Waals surface area contributed by atoms with Gasteiger partial charge in [-0.05, 0) is 13.8 Å². The lowest BCUT2D eigenvalue weighted by molar-refractivity contribution is 0.396. The molecule has 0 spiro atoms. The Hall–Kier alpha value is -2.97. The first-order valence-electron chi connectivity index (χ1n) is 8.20. The van der Waals surface area contributed by atoms with Gasteiger partial charge in [0.25, 0.3) is 5.78 Å². The van der Waals surface area contributed by atoms with Crippen LogP contribution in [0.1, 0.15) is 11.3 Å². The topological polar surface area (TPSA) is 84.6 Å². The van der Waals surface area contributed by atoms with Crippen LogP contribution >= 0.6 is 0 Å². The molecule has 25 heavy (non-hydrogen) atoms. The molecule has 3 aromatic rings. The van der Waals surface area contributed by atoms with E-state index in [1.54, 1.807) is 13.4 Å². The molecule has 0 aromatic carbocycles. The summed E-state index contributed by atoms with van der Waals surface area (Å²) >= 11 is 0. The van der Waals surface area contributed by atoms with Crippen molar-refractivity contribution in [2.75, 3.05) is 43.1 Å². The lowest BCUT2D eigenvalue weighted by Gasteiger charge is -2.37. The Morgan fingerprint density at radius 1 is 0.960 bits per heavy atom. The van der Waals surface area contributed by atoms with Crippen LogP contribution in [0.2, 0.25) is 0 Å². The van der Waals surface area contributed by atoms with Crippen LogP contribution in [0.4, 0.5) is 11.6 Å². The number of aromatic nitrogens is 6. The molecule has 1 saturated heterocycles. The number of aryl methyl sites for hydroxylation is 1. The number of methoxy groups -OCH3 is 1. The van der Waals surface area contributed by atoms with Gasteiger partial charge in [-0.3, -0.25) is 0 Å². The fraction of sp³-hybridized carbons (Fsp3) is 0.438. The molecule has 0 radical (unpaired) electrons. The van der Waals surface area contributed by atoms with Crippen LogP contribution < -0.4 is 14.5 Å². The molecule has 3 aromatic heterocycles. The normalized spacial score (nSPS) is 15.0. The molecule has 9 heteroatoms. The molecule has 0 bridgehead atoms. The van der Waals surface area contributed by atoms with E-state index in [9.17, 15) is 0 Å². The zero-order valence-electron chi connectivity index (χ0n) is 14.5. The Kier molecular flexibility index (Phi) is 3.83. The van der Waals surface area contributed by atoms with Gasteiger partial charge in [0.1, 0.15) is 24.3 Å². The van der Waals surface area contributed by atoms with Crippen molar-refractivity contribution >= 4 is 17.4 Å². The first-order chi connectivity index (χ1) is 12.2. The lowest BCUT2D eigenvalue weighted by Crippen LogP contribution is -2.47. The molecule has 1 aliphatic heterocycles. The van der Waals surface area contributed by atoms with E-state index < -0.39 is 0 Å². The minimum atomic E-state index is 0.581. The number of rotatable bonds is 3. The van der Waals surface area contributed by atoms with Gasteiger partial charge in [-0.2, -0.15) is 14.6 Å². The van der Waals surface area contributed by atoms with Gasteiger partial charge >= 0.3 is 0 Å². The van der Waals surface area contributed by atoms with Crippen molar-refractivity contribution < 1.29 is 4.74 Å². The lowest BCUT2D eigenvalue weighted by atomic mass is 10.2. The molecule has 130 valence electrons. The van der Waals surface area contributed by atoms with E-state index in [1.807, 2.05) is 17.5 Å². The Bertz CT molecular complexity index is 900. The summed E-state index contributed by atoms with van der Waals surface area (Å²) in [5.41, 5.74) is 2.12. The molecule has 9 nitrogen and oxygen atoms in total. The number of anilines is 2. The van der Waals surface area contributed by atoms with E-state index in [4.69, 9.17) is 4.74 Å². The van der Waals surface area contributed by atoms with Gasteiger partial charge in [-0.25, -0.2) is 15.0 Å². The van der Waals surface area contributed by atoms with Crippen molar-refractivity contribution in [3.05, 3.63) is 30.0 Å². The Labute approximate surface area is 145 Å². The summed E-state index contributed by atoms with van der Waals surface area (Å²) in [4.78, 5) is 21.7. The number of ether oxygens (including phenoxy) is 1. The third-order valence-electron chi connectivity index (χ3n) is 4.62. The van der Waals surface area contributed by atoms with Crippen LogP contribution in [0.5, 0.6) is 5.88 Å². The third-order valence-corrected chi connectivity index (χ3v) is 4.62. The molecule has 0 atom stereocenters. The van der Waals surface area contributed by atoms with Crippen molar-refractivity contribution in [3.63, 3.8) is 0 Å². The summed E-state index contributed by atoms with van der Waals surface area (Å²) in [6.07, 6.45) is 3.09. The Morgan fingerprint density at radius 3 is 2.48 bits per heavy atom. The zero-order chi connectivity index (χ0) is 17.4. The van der Waals surface area contributed by atoms with Gasteiger partial charge in [0.2, 0.25) is 5.88 Å². The zero-order valence-corrected chi connectivity index (χ0v) is 14.5. The average Bonchev–Trinajstić information content (AvgIpc) is 3.10. The van der Waals surface area contributed by atoms with Gasteiger partial charge in [-0.1, -0.05) is 0 Å². The first kappa shape index (κ1) is 15.6. The van der Waals surface area contributed by atoms with Gasteiger partial charge in [0, 0.05) is 43.5 Å². The maximum atomic E-state index is 5.19. The number of nitrogens with zero attached hydrogens (tertiary/aromatic N) is 8. The highest BCUT2D eigenvalue weighted by atomic mass is 16.5. The maximum absolute atomic E-state index is 5.19. The van der Waals surface area contributed by atoms with Crippen molar-refractivity contribution in [2.45, 2.75) is 13.8 Å². The molecule has 1 fully saturated rings. The highest BCUT2D eigenvalue weighted by molar-refractivity contribution is 5.55. The van der Waals surface area contributed by atoms with Crippen LogP contribution in [0.25, 0.3) is 5.78 Å². The van der Waals surface area contributed by atoms with Gasteiger partial charge < -0.3 is 14.5 Å². The van der Waals surface area contributed by atoms with Crippen LogP contribution in [-0.2, 0) is 0 Å². The van der Waals surface area contributed by atoms with E-state index in [0.29, 0.717) is 11.7 Å². The summed E-state index contributed by atoms with van der Waals surface area (Å²) in [5, 5.41) is 4.35. The predicted octanol–water partition coefficient (Wildman–Crippen LogP) is 0.866. The minimum Gasteiger partial charge on any atom is -0.481 e. The Balaban J connectivity index is 1.58. The molecule has 0 N–H and O–H groups in total. The molecule has 0 saturated carbocycles. The van der Waals surface area contributed by atoms with Gasteiger partial charge in [0.15, 0.2) is 0 Å².